The summed E-state index contributed by atoms with van der Waals surface area (Å²) in [7, 11) is 0. The second-order valence-electron chi connectivity index (χ2n) is 5.66. The highest BCUT2D eigenvalue weighted by molar-refractivity contribution is 9.10. The van der Waals surface area contributed by atoms with E-state index in [0.717, 1.165) is 0 Å². The van der Waals surface area contributed by atoms with E-state index in [9.17, 15) is 35.5 Å². The number of nitrogen functional groups attached to an aromatic ring is 1. The first-order valence-electron chi connectivity index (χ1n) is 7.28. The molecule has 29 heavy (non-hydrogen) atoms. The third-order valence-electron chi connectivity index (χ3n) is 3.72. The standard InChI is InChI=1S/C16H8BrCl2F7N2O/c17-8-2-1-6(3-11(8)27)13(29)28-12-9(18)4-7(5-10(12)19)14(20,15(21,22)23)16(24,25)26/h1-5H,27H2,(H,28,29). The molecular weight excluding hydrogens is 520 g/mol. The monoisotopic (exact) mass is 526 g/mol. The third kappa shape index (κ3) is 4.41. The third-order valence-corrected chi connectivity index (χ3v) is 5.04. The maximum absolute atomic E-state index is 14.2. The van der Waals surface area contributed by atoms with Crippen LogP contribution >= 0.6 is 39.1 Å². The minimum Gasteiger partial charge on any atom is -0.398 e. The number of carbonyl (C=O) groups is 1. The molecule has 13 heteroatoms. The van der Waals surface area contributed by atoms with Gasteiger partial charge >= 0.3 is 18.0 Å². The van der Waals surface area contributed by atoms with Crippen molar-refractivity contribution >= 4 is 56.4 Å². The molecule has 2 aromatic rings. The molecule has 3 nitrogen and oxygen atoms in total. The number of hydrogen-bond acceptors (Lipinski definition) is 2. The predicted molar refractivity (Wildman–Crippen MR) is 97.9 cm³/mol. The number of carbonyl (C=O) groups excluding carboxylic acids is 1. The summed E-state index contributed by atoms with van der Waals surface area (Å²) in [5.41, 5.74) is -2.29. The summed E-state index contributed by atoms with van der Waals surface area (Å²) in [6, 6.07) is 4.20. The highest BCUT2D eigenvalue weighted by Gasteiger charge is 2.73. The highest BCUT2D eigenvalue weighted by Crippen LogP contribution is 2.54. The number of amides is 1. The summed E-state index contributed by atoms with van der Waals surface area (Å²) >= 11 is 14.5. The lowest BCUT2D eigenvalue weighted by Gasteiger charge is -2.30. The minimum absolute atomic E-state index is 0.00710. The molecule has 0 saturated heterocycles. The van der Waals surface area contributed by atoms with Crippen LogP contribution in [0, 0.1) is 0 Å². The van der Waals surface area contributed by atoms with Crippen molar-refractivity contribution in [1.82, 2.24) is 0 Å². The van der Waals surface area contributed by atoms with Gasteiger partial charge in [0.1, 0.15) is 0 Å². The summed E-state index contributed by atoms with van der Waals surface area (Å²) < 4.78 is 92.0. The van der Waals surface area contributed by atoms with E-state index in [1.807, 2.05) is 0 Å². The van der Waals surface area contributed by atoms with Crippen LogP contribution < -0.4 is 11.1 Å². The molecule has 0 heterocycles. The lowest BCUT2D eigenvalue weighted by Crippen LogP contribution is -2.50. The first kappa shape index (κ1) is 23.6. The fourth-order valence-electron chi connectivity index (χ4n) is 2.25. The van der Waals surface area contributed by atoms with E-state index in [1.54, 1.807) is 0 Å². The molecule has 2 rings (SSSR count). The van der Waals surface area contributed by atoms with E-state index in [1.165, 1.54) is 18.2 Å². The van der Waals surface area contributed by atoms with Gasteiger partial charge < -0.3 is 11.1 Å². The van der Waals surface area contributed by atoms with E-state index < -0.39 is 45.2 Å². The molecule has 0 spiro atoms. The second-order valence-corrected chi connectivity index (χ2v) is 7.33. The van der Waals surface area contributed by atoms with Crippen molar-refractivity contribution in [1.29, 1.82) is 0 Å². The normalized spacial score (nSPS) is 12.8. The Hall–Kier alpha value is -1.72. The van der Waals surface area contributed by atoms with Crippen molar-refractivity contribution in [2.45, 2.75) is 18.0 Å². The molecule has 0 atom stereocenters. The van der Waals surface area contributed by atoms with Crippen molar-refractivity contribution in [3.05, 3.63) is 56.0 Å². The van der Waals surface area contributed by atoms with Gasteiger partial charge in [0.25, 0.3) is 5.91 Å². The summed E-state index contributed by atoms with van der Waals surface area (Å²) in [5.74, 6) is -0.862. The Morgan fingerprint density at radius 3 is 1.83 bits per heavy atom. The Morgan fingerprint density at radius 2 is 1.41 bits per heavy atom. The van der Waals surface area contributed by atoms with Crippen LogP contribution in [-0.4, -0.2) is 18.3 Å². The fourth-order valence-corrected chi connectivity index (χ4v) is 3.08. The fraction of sp³-hybridized carbons (Fsp3) is 0.188. The molecule has 3 N–H and O–H groups in total. The molecular formula is C16H8BrCl2F7N2O. The molecule has 158 valence electrons. The van der Waals surface area contributed by atoms with Crippen LogP contribution in [0.25, 0.3) is 0 Å². The summed E-state index contributed by atoms with van der Waals surface area (Å²) in [6.45, 7) is 0. The molecule has 1 amide bonds. The molecule has 0 aliphatic carbocycles. The van der Waals surface area contributed by atoms with Gasteiger partial charge in [0, 0.05) is 21.3 Å². The molecule has 0 aliphatic rings. The number of halogens is 10. The topological polar surface area (TPSA) is 55.1 Å². The van der Waals surface area contributed by atoms with Gasteiger partial charge in [-0.3, -0.25) is 4.79 Å². The van der Waals surface area contributed by atoms with Crippen LogP contribution in [0.1, 0.15) is 15.9 Å². The van der Waals surface area contributed by atoms with Gasteiger partial charge in [-0.25, -0.2) is 4.39 Å². The summed E-state index contributed by atoms with van der Waals surface area (Å²) in [4.78, 5) is 12.2. The van der Waals surface area contributed by atoms with Crippen molar-refractivity contribution in [2.24, 2.45) is 0 Å². The number of hydrogen-bond donors (Lipinski definition) is 2. The first-order valence-corrected chi connectivity index (χ1v) is 8.82. The Morgan fingerprint density at radius 1 is 0.931 bits per heavy atom. The van der Waals surface area contributed by atoms with Gasteiger partial charge in [-0.15, -0.1) is 0 Å². The van der Waals surface area contributed by atoms with Gasteiger partial charge in [0.05, 0.1) is 15.7 Å². The van der Waals surface area contributed by atoms with E-state index in [2.05, 4.69) is 21.2 Å². The lowest BCUT2D eigenvalue weighted by atomic mass is 9.94. The number of benzene rings is 2. The maximum Gasteiger partial charge on any atom is 0.435 e. The average Bonchev–Trinajstić information content (AvgIpc) is 2.57. The molecule has 0 radical (unpaired) electrons. The molecule has 0 aliphatic heterocycles. The number of anilines is 2. The SMILES string of the molecule is Nc1cc(C(=O)Nc2c(Cl)cc(C(F)(C(F)(F)F)C(F)(F)F)cc2Cl)ccc1Br. The molecule has 0 bridgehead atoms. The van der Waals surface area contributed by atoms with Gasteiger partial charge in [-0.2, -0.15) is 26.3 Å². The van der Waals surface area contributed by atoms with Crippen molar-refractivity contribution < 1.29 is 35.5 Å². The Bertz CT molecular complexity index is 926. The highest BCUT2D eigenvalue weighted by atomic mass is 79.9. The summed E-state index contributed by atoms with van der Waals surface area (Å²) in [6.07, 6.45) is -12.7. The first-order chi connectivity index (χ1) is 13.1. The Balaban J connectivity index is 2.48. The van der Waals surface area contributed by atoms with Crippen molar-refractivity contribution in [3.8, 4) is 0 Å². The smallest absolute Gasteiger partial charge is 0.398 e. The molecule has 0 fully saturated rings. The molecule has 0 aromatic heterocycles. The van der Waals surface area contributed by atoms with Crippen molar-refractivity contribution in [2.75, 3.05) is 11.1 Å². The molecule has 2 aromatic carbocycles. The van der Waals surface area contributed by atoms with Crippen LogP contribution in [0.4, 0.5) is 42.1 Å². The van der Waals surface area contributed by atoms with E-state index >= 15 is 0 Å². The van der Waals surface area contributed by atoms with Crippen LogP contribution in [0.2, 0.25) is 10.0 Å². The predicted octanol–water partition coefficient (Wildman–Crippen LogP) is 6.88. The van der Waals surface area contributed by atoms with Crippen LogP contribution in [0.5, 0.6) is 0 Å². The number of rotatable bonds is 3. The van der Waals surface area contributed by atoms with E-state index in [0.29, 0.717) is 4.47 Å². The van der Waals surface area contributed by atoms with Crippen LogP contribution in [0.3, 0.4) is 0 Å². The van der Waals surface area contributed by atoms with Crippen LogP contribution in [-0.2, 0) is 5.67 Å². The summed E-state index contributed by atoms with van der Waals surface area (Å²) in [5, 5.41) is 0.475. The van der Waals surface area contributed by atoms with Gasteiger partial charge in [0.15, 0.2) is 0 Å². The largest absolute Gasteiger partial charge is 0.435 e. The molecule has 0 saturated carbocycles. The zero-order valence-electron chi connectivity index (χ0n) is 13.7. The Kier molecular flexibility index (Phi) is 6.37. The van der Waals surface area contributed by atoms with E-state index in [-0.39, 0.29) is 23.4 Å². The zero-order chi connectivity index (χ0) is 22.4. The van der Waals surface area contributed by atoms with Gasteiger partial charge in [-0.05, 0) is 46.3 Å². The maximum atomic E-state index is 14.2. The zero-order valence-corrected chi connectivity index (χ0v) is 16.7. The van der Waals surface area contributed by atoms with Gasteiger partial charge in [0.2, 0.25) is 0 Å². The average molecular weight is 528 g/mol. The quantitative estimate of drug-likeness (QED) is 0.337. The Labute approximate surface area is 177 Å². The van der Waals surface area contributed by atoms with Crippen LogP contribution in [0.15, 0.2) is 34.8 Å². The minimum atomic E-state index is -6.34. The lowest BCUT2D eigenvalue weighted by molar-refractivity contribution is -0.348. The molecule has 0 unspecified atom stereocenters. The number of nitrogens with two attached hydrogens (primary N) is 1. The van der Waals surface area contributed by atoms with Crippen molar-refractivity contribution in [3.63, 3.8) is 0 Å². The second kappa shape index (κ2) is 7.84. The number of nitrogens with one attached hydrogen (secondary N) is 1. The van der Waals surface area contributed by atoms with Gasteiger partial charge in [-0.1, -0.05) is 23.2 Å². The van der Waals surface area contributed by atoms with E-state index in [4.69, 9.17) is 28.9 Å². The number of alkyl halides is 7.